The molecule has 0 fully saturated rings. The lowest BCUT2D eigenvalue weighted by molar-refractivity contribution is 0.101. The lowest BCUT2D eigenvalue weighted by Crippen LogP contribution is -2.12. The number of ketones is 1. The number of nitrogens with zero attached hydrogens (tertiary/aromatic N) is 1. The van der Waals surface area contributed by atoms with Crippen LogP contribution < -0.4 is 10.6 Å². The van der Waals surface area contributed by atoms with E-state index in [1.54, 1.807) is 36.5 Å². The maximum absolute atomic E-state index is 12.4. The van der Waals surface area contributed by atoms with Crippen molar-refractivity contribution in [1.29, 1.82) is 0 Å². The van der Waals surface area contributed by atoms with Crippen LogP contribution in [0.15, 0.2) is 67.0 Å². The normalized spacial score (nSPS) is 10.2. The quantitative estimate of drug-likeness (QED) is 0.664. The molecule has 0 spiro atoms. The number of carbonyl (C=O) groups excluding carboxylic acids is 2. The third-order valence-corrected chi connectivity index (χ3v) is 3.89. The van der Waals surface area contributed by atoms with Crippen molar-refractivity contribution < 1.29 is 9.59 Å². The number of benzene rings is 2. The zero-order chi connectivity index (χ0) is 18.5. The average Bonchev–Trinajstić information content (AvgIpc) is 2.64. The Morgan fingerprint density at radius 2 is 1.46 bits per heavy atom. The average molecular weight is 345 g/mol. The summed E-state index contributed by atoms with van der Waals surface area (Å²) in [5.74, 6) is -0.275. The largest absolute Gasteiger partial charge is 0.354 e. The van der Waals surface area contributed by atoms with Crippen LogP contribution in [-0.4, -0.2) is 16.7 Å². The van der Waals surface area contributed by atoms with Gasteiger partial charge in [0, 0.05) is 23.1 Å². The van der Waals surface area contributed by atoms with Crippen molar-refractivity contribution in [3.05, 3.63) is 83.7 Å². The predicted molar refractivity (Wildman–Crippen MR) is 103 cm³/mol. The van der Waals surface area contributed by atoms with Gasteiger partial charge in [0.15, 0.2) is 5.78 Å². The summed E-state index contributed by atoms with van der Waals surface area (Å²) in [6.45, 7) is 3.53. The number of hydrogen-bond donors (Lipinski definition) is 2. The lowest BCUT2D eigenvalue weighted by Gasteiger charge is -2.09. The highest BCUT2D eigenvalue weighted by molar-refractivity contribution is 6.05. The SMILES string of the molecule is CC(=O)c1ccc(NC(=O)c2cncc(Nc3ccc(C)cc3)c2)cc1. The molecule has 1 amide bonds. The summed E-state index contributed by atoms with van der Waals surface area (Å²) >= 11 is 0. The van der Waals surface area contributed by atoms with Crippen molar-refractivity contribution in [2.45, 2.75) is 13.8 Å². The van der Waals surface area contributed by atoms with Gasteiger partial charge in [0.25, 0.3) is 5.91 Å². The number of rotatable bonds is 5. The second-order valence-corrected chi connectivity index (χ2v) is 6.04. The number of pyridine rings is 1. The van der Waals surface area contributed by atoms with Gasteiger partial charge in [-0.15, -0.1) is 0 Å². The van der Waals surface area contributed by atoms with Crippen LogP contribution in [0.5, 0.6) is 0 Å². The monoisotopic (exact) mass is 345 g/mol. The predicted octanol–water partition coefficient (Wildman–Crippen LogP) is 4.59. The molecule has 0 aliphatic heterocycles. The summed E-state index contributed by atoms with van der Waals surface area (Å²) in [5, 5.41) is 6.04. The number of carbonyl (C=O) groups is 2. The number of nitrogens with one attached hydrogen (secondary N) is 2. The minimum Gasteiger partial charge on any atom is -0.354 e. The second kappa shape index (κ2) is 7.61. The fourth-order valence-corrected chi connectivity index (χ4v) is 2.43. The Labute approximate surface area is 152 Å². The summed E-state index contributed by atoms with van der Waals surface area (Å²) in [6, 6.07) is 16.5. The minimum atomic E-state index is -0.263. The molecule has 2 N–H and O–H groups in total. The van der Waals surface area contributed by atoms with Crippen LogP contribution in [0.1, 0.15) is 33.2 Å². The van der Waals surface area contributed by atoms with Crippen molar-refractivity contribution >= 4 is 28.8 Å². The fraction of sp³-hybridized carbons (Fsp3) is 0.0952. The van der Waals surface area contributed by atoms with Crippen molar-refractivity contribution in [3.63, 3.8) is 0 Å². The van der Waals surface area contributed by atoms with Crippen LogP contribution in [-0.2, 0) is 0 Å². The molecule has 26 heavy (non-hydrogen) atoms. The van der Waals surface area contributed by atoms with Crippen LogP contribution in [0.4, 0.5) is 17.1 Å². The van der Waals surface area contributed by atoms with Crippen LogP contribution in [0.3, 0.4) is 0 Å². The Kier molecular flexibility index (Phi) is 5.08. The van der Waals surface area contributed by atoms with Gasteiger partial charge < -0.3 is 10.6 Å². The molecule has 1 aromatic heterocycles. The van der Waals surface area contributed by atoms with E-state index in [9.17, 15) is 9.59 Å². The number of hydrogen-bond acceptors (Lipinski definition) is 4. The molecule has 5 heteroatoms. The summed E-state index contributed by atoms with van der Waals surface area (Å²) < 4.78 is 0. The first kappa shape index (κ1) is 17.4. The number of amides is 1. The molecular weight excluding hydrogens is 326 g/mol. The number of anilines is 3. The van der Waals surface area contributed by atoms with Crippen LogP contribution in [0, 0.1) is 6.92 Å². The summed E-state index contributed by atoms with van der Waals surface area (Å²) in [7, 11) is 0. The molecule has 0 unspecified atom stereocenters. The van der Waals surface area contributed by atoms with Gasteiger partial charge in [-0.1, -0.05) is 17.7 Å². The van der Waals surface area contributed by atoms with Crippen molar-refractivity contribution in [2.75, 3.05) is 10.6 Å². The molecule has 0 saturated heterocycles. The van der Waals surface area contributed by atoms with E-state index < -0.39 is 0 Å². The van der Waals surface area contributed by atoms with E-state index >= 15 is 0 Å². The minimum absolute atomic E-state index is 0.0121. The zero-order valence-corrected chi connectivity index (χ0v) is 14.6. The third kappa shape index (κ3) is 4.33. The molecule has 0 aliphatic rings. The highest BCUT2D eigenvalue weighted by atomic mass is 16.1. The fourth-order valence-electron chi connectivity index (χ4n) is 2.43. The van der Waals surface area contributed by atoms with Crippen molar-refractivity contribution in [2.24, 2.45) is 0 Å². The zero-order valence-electron chi connectivity index (χ0n) is 14.6. The van der Waals surface area contributed by atoms with Gasteiger partial charge >= 0.3 is 0 Å². The molecule has 1 heterocycles. The van der Waals surface area contributed by atoms with Gasteiger partial charge in [-0.25, -0.2) is 0 Å². The van der Waals surface area contributed by atoms with E-state index in [1.165, 1.54) is 18.7 Å². The second-order valence-electron chi connectivity index (χ2n) is 6.04. The number of aromatic nitrogens is 1. The van der Waals surface area contributed by atoms with Crippen LogP contribution >= 0.6 is 0 Å². The van der Waals surface area contributed by atoms with E-state index in [-0.39, 0.29) is 11.7 Å². The maximum Gasteiger partial charge on any atom is 0.257 e. The van der Waals surface area contributed by atoms with E-state index in [2.05, 4.69) is 15.6 Å². The van der Waals surface area contributed by atoms with Gasteiger partial charge in [0.1, 0.15) is 0 Å². The Bertz CT molecular complexity index is 932. The maximum atomic E-state index is 12.4. The Hall–Kier alpha value is -3.47. The molecule has 3 rings (SSSR count). The van der Waals surface area contributed by atoms with Crippen LogP contribution in [0.25, 0.3) is 0 Å². The van der Waals surface area contributed by atoms with Crippen molar-refractivity contribution in [3.8, 4) is 0 Å². The van der Waals surface area contributed by atoms with Gasteiger partial charge in [-0.2, -0.15) is 0 Å². The highest BCUT2D eigenvalue weighted by Crippen LogP contribution is 2.18. The topological polar surface area (TPSA) is 71.1 Å². The van der Waals surface area contributed by atoms with Crippen molar-refractivity contribution in [1.82, 2.24) is 4.98 Å². The van der Waals surface area contributed by atoms with Crippen LogP contribution in [0.2, 0.25) is 0 Å². The summed E-state index contributed by atoms with van der Waals surface area (Å²) in [5.41, 5.74) is 4.50. The summed E-state index contributed by atoms with van der Waals surface area (Å²) in [6.07, 6.45) is 3.18. The Balaban J connectivity index is 1.71. The van der Waals surface area contributed by atoms with E-state index in [0.29, 0.717) is 16.8 Å². The molecule has 5 nitrogen and oxygen atoms in total. The van der Waals surface area contributed by atoms with E-state index in [4.69, 9.17) is 0 Å². The molecule has 130 valence electrons. The van der Waals surface area contributed by atoms with Gasteiger partial charge in [0.2, 0.25) is 0 Å². The molecular formula is C21H19N3O2. The standard InChI is InChI=1S/C21H19N3O2/c1-14-3-7-18(8-4-14)23-20-11-17(12-22-13-20)21(26)24-19-9-5-16(6-10-19)15(2)25/h3-13,23H,1-2H3,(H,24,26). The Morgan fingerprint density at radius 1 is 0.808 bits per heavy atom. The number of Topliss-reactive ketones (excluding diaryl/α,β-unsaturated/α-hetero) is 1. The first-order chi connectivity index (χ1) is 12.5. The molecule has 0 bridgehead atoms. The van der Waals surface area contributed by atoms with E-state index in [1.807, 2.05) is 31.2 Å². The molecule has 2 aromatic carbocycles. The molecule has 0 aliphatic carbocycles. The summed E-state index contributed by atoms with van der Waals surface area (Å²) in [4.78, 5) is 27.9. The van der Waals surface area contributed by atoms with E-state index in [0.717, 1.165) is 11.4 Å². The lowest BCUT2D eigenvalue weighted by atomic mass is 10.1. The van der Waals surface area contributed by atoms with Gasteiger partial charge in [0.05, 0.1) is 17.4 Å². The highest BCUT2D eigenvalue weighted by Gasteiger charge is 2.08. The third-order valence-electron chi connectivity index (χ3n) is 3.89. The molecule has 3 aromatic rings. The first-order valence-corrected chi connectivity index (χ1v) is 8.22. The van der Waals surface area contributed by atoms with Gasteiger partial charge in [-0.05, 0) is 56.3 Å². The first-order valence-electron chi connectivity index (χ1n) is 8.22. The Morgan fingerprint density at radius 3 is 2.12 bits per heavy atom. The number of aryl methyl sites for hydroxylation is 1. The smallest absolute Gasteiger partial charge is 0.257 e. The molecule has 0 saturated carbocycles. The molecule has 0 radical (unpaired) electrons. The van der Waals surface area contributed by atoms with Gasteiger partial charge in [-0.3, -0.25) is 14.6 Å². The molecule has 0 atom stereocenters.